The molecule has 2 aromatic carbocycles. The van der Waals surface area contributed by atoms with Crippen LogP contribution in [0.3, 0.4) is 0 Å². The van der Waals surface area contributed by atoms with Gasteiger partial charge in [0.15, 0.2) is 5.78 Å². The summed E-state index contributed by atoms with van der Waals surface area (Å²) in [6.07, 6.45) is 0. The number of nitrogens with zero attached hydrogens (tertiary/aromatic N) is 3. The van der Waals surface area contributed by atoms with Crippen LogP contribution in [0.25, 0.3) is 11.1 Å². The van der Waals surface area contributed by atoms with E-state index in [1.54, 1.807) is 12.1 Å². The Morgan fingerprint density at radius 1 is 1.10 bits per heavy atom. The quantitative estimate of drug-likeness (QED) is 0.400. The van der Waals surface area contributed by atoms with E-state index in [2.05, 4.69) is 4.98 Å². The van der Waals surface area contributed by atoms with Gasteiger partial charge < -0.3 is 15.9 Å². The van der Waals surface area contributed by atoms with Crippen LogP contribution < -0.4 is 5.73 Å². The first-order valence-electron chi connectivity index (χ1n) is 8.42. The number of ketones is 1. The number of nitriles is 2. The van der Waals surface area contributed by atoms with E-state index in [1.165, 1.54) is 30.3 Å². The molecule has 0 amide bonds. The molecule has 0 radical (unpaired) electrons. The molecule has 148 valence electrons. The van der Waals surface area contributed by atoms with E-state index >= 15 is 0 Å². The number of carbonyl (C=O) groups excluding carboxylic acids is 1. The van der Waals surface area contributed by atoms with E-state index in [-0.39, 0.29) is 61.2 Å². The van der Waals surface area contributed by atoms with Crippen LogP contribution >= 0.6 is 23.4 Å². The molecule has 3 aromatic rings. The molecule has 7 nitrogen and oxygen atoms in total. The number of hydrogen-bond acceptors (Lipinski definition) is 8. The fraction of sp³-hybridized carbons (Fsp3) is 0.0476. The number of nitrogens with two attached hydrogens (primary N) is 1. The van der Waals surface area contributed by atoms with Gasteiger partial charge in [0.2, 0.25) is 0 Å². The number of aromatic hydroxyl groups is 2. The van der Waals surface area contributed by atoms with E-state index in [4.69, 9.17) is 17.3 Å². The number of Topliss-reactive ketones (excluding diaryl/α,β-unsaturated/α-hetero) is 1. The predicted molar refractivity (Wildman–Crippen MR) is 113 cm³/mol. The molecule has 0 aliphatic rings. The molecule has 9 heteroatoms. The Morgan fingerprint density at radius 2 is 1.83 bits per heavy atom. The summed E-state index contributed by atoms with van der Waals surface area (Å²) in [5, 5.41) is 39.1. The molecule has 1 heterocycles. The maximum absolute atomic E-state index is 12.5. The van der Waals surface area contributed by atoms with Gasteiger partial charge in [-0.25, -0.2) is 4.98 Å². The lowest BCUT2D eigenvalue weighted by atomic mass is 9.97. The summed E-state index contributed by atoms with van der Waals surface area (Å²) < 4.78 is 0. The van der Waals surface area contributed by atoms with E-state index < -0.39 is 0 Å². The molecule has 0 unspecified atom stereocenters. The topological polar surface area (TPSA) is 144 Å². The average molecular weight is 437 g/mol. The minimum absolute atomic E-state index is 0.00703. The summed E-state index contributed by atoms with van der Waals surface area (Å²) in [6, 6.07) is 14.1. The largest absolute Gasteiger partial charge is 0.508 e. The Morgan fingerprint density at radius 3 is 2.47 bits per heavy atom. The van der Waals surface area contributed by atoms with Crippen molar-refractivity contribution in [3.8, 4) is 34.8 Å². The third-order valence-electron chi connectivity index (χ3n) is 4.09. The highest BCUT2D eigenvalue weighted by Gasteiger charge is 2.21. The van der Waals surface area contributed by atoms with E-state index in [0.29, 0.717) is 5.56 Å². The Balaban J connectivity index is 2.03. The summed E-state index contributed by atoms with van der Waals surface area (Å²) in [7, 11) is 0. The van der Waals surface area contributed by atoms with Gasteiger partial charge in [0.1, 0.15) is 40.0 Å². The van der Waals surface area contributed by atoms with Crippen molar-refractivity contribution >= 4 is 35.0 Å². The van der Waals surface area contributed by atoms with Gasteiger partial charge in [-0.05, 0) is 35.9 Å². The van der Waals surface area contributed by atoms with E-state index in [9.17, 15) is 25.5 Å². The van der Waals surface area contributed by atoms with E-state index in [1.807, 2.05) is 12.1 Å². The number of aromatic nitrogens is 1. The number of benzene rings is 2. The number of rotatable bonds is 5. The molecule has 0 fully saturated rings. The number of carbonyl (C=O) groups is 1. The lowest BCUT2D eigenvalue weighted by Crippen LogP contribution is -2.06. The van der Waals surface area contributed by atoms with Gasteiger partial charge in [0.05, 0.1) is 11.3 Å². The van der Waals surface area contributed by atoms with Crippen molar-refractivity contribution in [2.45, 2.75) is 5.03 Å². The molecule has 0 spiro atoms. The molecule has 0 atom stereocenters. The zero-order valence-corrected chi connectivity index (χ0v) is 16.8. The van der Waals surface area contributed by atoms with E-state index in [0.717, 1.165) is 11.8 Å². The molecule has 30 heavy (non-hydrogen) atoms. The SMILES string of the molecule is N#Cc1c(N)nc(SCC(=O)c2cc(O)cc(Cl)c2)c(C#N)c1-c1cccc(O)c1. The highest BCUT2D eigenvalue weighted by Crippen LogP contribution is 2.36. The highest BCUT2D eigenvalue weighted by molar-refractivity contribution is 8.00. The molecular weight excluding hydrogens is 424 g/mol. The van der Waals surface area contributed by atoms with Gasteiger partial charge >= 0.3 is 0 Å². The smallest absolute Gasteiger partial charge is 0.173 e. The minimum atomic E-state index is -0.342. The summed E-state index contributed by atoms with van der Waals surface area (Å²) in [5.74, 6) is -0.719. The molecular formula is C21H13ClN4O3S. The second-order valence-corrected chi connectivity index (χ2v) is 7.51. The number of thioether (sulfide) groups is 1. The summed E-state index contributed by atoms with van der Waals surface area (Å²) >= 11 is 6.85. The van der Waals surface area contributed by atoms with Crippen LogP contribution in [-0.4, -0.2) is 26.7 Å². The van der Waals surface area contributed by atoms with Crippen molar-refractivity contribution < 1.29 is 15.0 Å². The molecule has 0 saturated heterocycles. The van der Waals surface area contributed by atoms with Crippen LogP contribution in [0.1, 0.15) is 21.5 Å². The third-order valence-corrected chi connectivity index (χ3v) is 5.29. The Hall–Kier alpha value is -3.72. The Bertz CT molecular complexity index is 1230. The molecule has 4 N–H and O–H groups in total. The van der Waals surface area contributed by atoms with Crippen molar-refractivity contribution in [2.75, 3.05) is 11.5 Å². The number of hydrogen-bond donors (Lipinski definition) is 3. The number of phenols is 2. The zero-order valence-electron chi connectivity index (χ0n) is 15.3. The van der Waals surface area contributed by atoms with Gasteiger partial charge in [-0.15, -0.1) is 0 Å². The monoisotopic (exact) mass is 436 g/mol. The molecule has 0 aliphatic heterocycles. The first-order valence-corrected chi connectivity index (χ1v) is 9.79. The molecule has 0 bridgehead atoms. The first-order chi connectivity index (χ1) is 14.3. The predicted octanol–water partition coefficient (Wildman–Crippen LogP) is 4.11. The fourth-order valence-corrected chi connectivity index (χ4v) is 3.92. The van der Waals surface area contributed by atoms with Crippen molar-refractivity contribution in [1.82, 2.24) is 4.98 Å². The van der Waals surface area contributed by atoms with Crippen LogP contribution in [0, 0.1) is 22.7 Å². The molecule has 0 saturated carbocycles. The summed E-state index contributed by atoms with van der Waals surface area (Å²) in [5.41, 5.74) is 6.87. The lowest BCUT2D eigenvalue weighted by Gasteiger charge is -2.13. The van der Waals surface area contributed by atoms with Crippen molar-refractivity contribution in [1.29, 1.82) is 10.5 Å². The van der Waals surface area contributed by atoms with Gasteiger partial charge in [0.25, 0.3) is 0 Å². The number of anilines is 1. The standard InChI is InChI=1S/C21H13ClN4O3S/c22-13-4-12(6-15(28)7-13)18(29)10-30-21-17(9-24)19(16(8-23)20(25)26-21)11-2-1-3-14(27)5-11/h1-7,27-28H,10H2,(H2,25,26). The Labute approximate surface area is 181 Å². The van der Waals surface area contributed by atoms with Crippen molar-refractivity contribution in [2.24, 2.45) is 0 Å². The number of pyridine rings is 1. The second-order valence-electron chi connectivity index (χ2n) is 6.11. The first kappa shape index (κ1) is 21.0. The number of nitrogen functional groups attached to an aromatic ring is 1. The second kappa shape index (κ2) is 8.75. The third kappa shape index (κ3) is 4.31. The lowest BCUT2D eigenvalue weighted by molar-refractivity contribution is 0.102. The van der Waals surface area contributed by atoms with Crippen LogP contribution in [-0.2, 0) is 0 Å². The maximum atomic E-state index is 12.5. The molecule has 1 aromatic heterocycles. The zero-order chi connectivity index (χ0) is 21.8. The van der Waals surface area contributed by atoms with Gasteiger partial charge in [-0.2, -0.15) is 10.5 Å². The maximum Gasteiger partial charge on any atom is 0.173 e. The molecule has 0 aliphatic carbocycles. The van der Waals surface area contributed by atoms with Crippen LogP contribution in [0.4, 0.5) is 5.82 Å². The average Bonchev–Trinajstić information content (AvgIpc) is 2.70. The minimum Gasteiger partial charge on any atom is -0.508 e. The van der Waals surface area contributed by atoms with Gasteiger partial charge in [-0.1, -0.05) is 35.5 Å². The van der Waals surface area contributed by atoms with Crippen LogP contribution in [0.15, 0.2) is 47.5 Å². The highest BCUT2D eigenvalue weighted by atomic mass is 35.5. The van der Waals surface area contributed by atoms with Crippen LogP contribution in [0.2, 0.25) is 5.02 Å². The summed E-state index contributed by atoms with van der Waals surface area (Å²) in [6.45, 7) is 0. The fourth-order valence-electron chi connectivity index (χ4n) is 2.81. The normalized spacial score (nSPS) is 10.2. The number of halogens is 1. The number of phenolic OH excluding ortho intramolecular Hbond substituents is 2. The summed E-state index contributed by atoms with van der Waals surface area (Å²) in [4.78, 5) is 16.6. The van der Waals surface area contributed by atoms with Crippen LogP contribution in [0.5, 0.6) is 11.5 Å². The van der Waals surface area contributed by atoms with Crippen molar-refractivity contribution in [3.05, 3.63) is 64.2 Å². The van der Waals surface area contributed by atoms with Crippen molar-refractivity contribution in [3.63, 3.8) is 0 Å². The van der Waals surface area contributed by atoms with Gasteiger partial charge in [-0.3, -0.25) is 4.79 Å². The van der Waals surface area contributed by atoms with Gasteiger partial charge in [0, 0.05) is 16.1 Å². The molecule has 3 rings (SSSR count). The Kier molecular flexibility index (Phi) is 6.12.